The molecule has 0 aromatic rings. The summed E-state index contributed by atoms with van der Waals surface area (Å²) >= 11 is 0. The Balaban J connectivity index is 2.08. The van der Waals surface area contributed by atoms with Gasteiger partial charge in [0.25, 0.3) is 0 Å². The van der Waals surface area contributed by atoms with E-state index in [0.29, 0.717) is 6.42 Å². The average Bonchev–Trinajstić information content (AvgIpc) is 3.38. The van der Waals surface area contributed by atoms with Crippen molar-refractivity contribution >= 4 is 5.91 Å². The fourth-order valence-corrected chi connectivity index (χ4v) is 12.4. The maximum absolute atomic E-state index is 13.1. The molecule has 9 nitrogen and oxygen atoms in total. The first-order valence-electron chi connectivity index (χ1n) is 38.4. The van der Waals surface area contributed by atoms with Crippen LogP contribution in [0.25, 0.3) is 0 Å². The summed E-state index contributed by atoms with van der Waals surface area (Å²) in [6, 6.07) is -0.824. The Kier molecular flexibility index (Phi) is 64.1. The van der Waals surface area contributed by atoms with E-state index in [4.69, 9.17) is 9.47 Å². The first-order chi connectivity index (χ1) is 42.8. The Morgan fingerprint density at radius 3 is 1.03 bits per heavy atom. The molecule has 0 aromatic carbocycles. The van der Waals surface area contributed by atoms with Crippen molar-refractivity contribution in [3.05, 3.63) is 48.6 Å². The largest absolute Gasteiger partial charge is 0.394 e. The van der Waals surface area contributed by atoms with Crippen molar-refractivity contribution in [2.75, 3.05) is 13.2 Å². The number of ether oxygens (including phenoxy) is 2. The van der Waals surface area contributed by atoms with Crippen molar-refractivity contribution in [2.45, 2.75) is 429 Å². The van der Waals surface area contributed by atoms with Gasteiger partial charge in [0.05, 0.1) is 25.4 Å². The van der Waals surface area contributed by atoms with Crippen molar-refractivity contribution in [3.63, 3.8) is 0 Å². The van der Waals surface area contributed by atoms with Crippen molar-refractivity contribution in [1.29, 1.82) is 0 Å². The zero-order valence-electron chi connectivity index (χ0n) is 57.5. The zero-order chi connectivity index (χ0) is 62.8. The monoisotopic (exact) mass is 1230 g/mol. The summed E-state index contributed by atoms with van der Waals surface area (Å²) in [5, 5.41) is 54.8. The molecule has 0 saturated carbocycles. The van der Waals surface area contributed by atoms with E-state index in [1.54, 1.807) is 6.08 Å². The van der Waals surface area contributed by atoms with E-state index in [1.165, 1.54) is 321 Å². The third-order valence-electron chi connectivity index (χ3n) is 18.4. The van der Waals surface area contributed by atoms with Crippen LogP contribution in [0.4, 0.5) is 0 Å². The van der Waals surface area contributed by atoms with Crippen LogP contribution in [0.3, 0.4) is 0 Å². The van der Waals surface area contributed by atoms with Gasteiger partial charge in [-0.15, -0.1) is 0 Å². The lowest BCUT2D eigenvalue weighted by Crippen LogP contribution is -2.60. The van der Waals surface area contributed by atoms with Crippen LogP contribution in [0.5, 0.6) is 0 Å². The molecule has 1 aliphatic heterocycles. The van der Waals surface area contributed by atoms with E-state index in [9.17, 15) is 30.3 Å². The van der Waals surface area contributed by atoms with Gasteiger partial charge in [0.2, 0.25) is 5.91 Å². The van der Waals surface area contributed by atoms with E-state index < -0.39 is 49.5 Å². The van der Waals surface area contributed by atoms with Crippen molar-refractivity contribution in [2.24, 2.45) is 0 Å². The molecule has 1 aliphatic rings. The summed E-state index contributed by atoms with van der Waals surface area (Å²) < 4.78 is 11.3. The summed E-state index contributed by atoms with van der Waals surface area (Å²) in [5.74, 6) is -0.181. The van der Waals surface area contributed by atoms with Crippen LogP contribution in [0, 0.1) is 0 Å². The highest BCUT2D eigenvalue weighted by Gasteiger charge is 2.44. The number of hydrogen-bond donors (Lipinski definition) is 6. The fourth-order valence-electron chi connectivity index (χ4n) is 12.4. The molecule has 1 heterocycles. The topological polar surface area (TPSA) is 149 Å². The van der Waals surface area contributed by atoms with Gasteiger partial charge >= 0.3 is 0 Å². The smallest absolute Gasteiger partial charge is 0.220 e. The van der Waals surface area contributed by atoms with Gasteiger partial charge in [0.15, 0.2) is 6.29 Å². The highest BCUT2D eigenvalue weighted by Crippen LogP contribution is 2.24. The first kappa shape index (κ1) is 83.2. The number of unbranched alkanes of at least 4 members (excludes halogenated alkanes) is 52. The molecular formula is C78H147NO8. The Hall–Kier alpha value is -1.85. The molecule has 0 aromatic heterocycles. The molecule has 0 spiro atoms. The molecule has 1 fully saturated rings. The standard InChI is InChI=1S/C78H147NO8/c1-3-5-7-9-11-13-15-17-19-21-23-25-27-29-30-31-32-33-34-35-36-37-38-39-40-41-42-44-46-48-50-52-54-56-58-60-62-64-66-68-74(82)79-71(70-86-78-77(85)76(84)75(83)73(69-80)87-78)72(81)67-65-63-61-59-57-55-53-51-49-47-45-43-28-26-24-22-20-18-16-14-12-10-8-6-4-2/h32-33,35-36,57,59,65,67,71-73,75-78,80-81,83-85H,3-31,34,37-56,58,60-64,66,68-70H2,1-2H3,(H,79,82)/b33-32-,36-35-,59-57+,67-65+. The average molecular weight is 1230 g/mol. The molecule has 1 amide bonds. The summed E-state index contributed by atoms with van der Waals surface area (Å²) in [5.41, 5.74) is 0. The molecule has 512 valence electrons. The highest BCUT2D eigenvalue weighted by atomic mass is 16.7. The normalized spacial score (nSPS) is 18.2. The lowest BCUT2D eigenvalue weighted by Gasteiger charge is -2.40. The number of carbonyl (C=O) groups is 1. The second kappa shape index (κ2) is 67.1. The van der Waals surface area contributed by atoms with Crippen LogP contribution < -0.4 is 5.32 Å². The van der Waals surface area contributed by atoms with Gasteiger partial charge in [0.1, 0.15) is 24.4 Å². The van der Waals surface area contributed by atoms with E-state index in [1.807, 2.05) is 6.08 Å². The fraction of sp³-hybridized carbons (Fsp3) is 0.885. The van der Waals surface area contributed by atoms with Gasteiger partial charge in [-0.1, -0.05) is 364 Å². The molecule has 9 heteroatoms. The number of carbonyl (C=O) groups excluding carboxylic acids is 1. The third-order valence-corrected chi connectivity index (χ3v) is 18.4. The summed E-state index contributed by atoms with van der Waals surface area (Å²) in [6.07, 6.45) is 85.4. The molecule has 0 radical (unpaired) electrons. The van der Waals surface area contributed by atoms with Crippen LogP contribution in [-0.2, 0) is 14.3 Å². The Bertz CT molecular complexity index is 1520. The van der Waals surface area contributed by atoms with E-state index in [0.717, 1.165) is 44.9 Å². The number of aliphatic hydroxyl groups is 5. The minimum atomic E-state index is -1.57. The van der Waals surface area contributed by atoms with E-state index in [-0.39, 0.29) is 12.5 Å². The quantitative estimate of drug-likeness (QED) is 0.0261. The highest BCUT2D eigenvalue weighted by molar-refractivity contribution is 5.76. The number of aliphatic hydroxyl groups excluding tert-OH is 5. The van der Waals surface area contributed by atoms with Crippen LogP contribution in [-0.4, -0.2) is 87.5 Å². The van der Waals surface area contributed by atoms with Crippen LogP contribution in [0.1, 0.15) is 386 Å². The lowest BCUT2D eigenvalue weighted by molar-refractivity contribution is -0.302. The maximum atomic E-state index is 13.1. The second-order valence-corrected chi connectivity index (χ2v) is 26.8. The molecule has 7 atom stereocenters. The summed E-state index contributed by atoms with van der Waals surface area (Å²) in [6.45, 7) is 3.82. The number of hydrogen-bond acceptors (Lipinski definition) is 8. The second-order valence-electron chi connectivity index (χ2n) is 26.8. The number of amides is 1. The van der Waals surface area contributed by atoms with Crippen molar-refractivity contribution in [1.82, 2.24) is 5.32 Å². The van der Waals surface area contributed by atoms with Crippen molar-refractivity contribution < 1.29 is 39.8 Å². The lowest BCUT2D eigenvalue weighted by atomic mass is 9.99. The Morgan fingerprint density at radius 2 is 0.690 bits per heavy atom. The minimum Gasteiger partial charge on any atom is -0.394 e. The molecule has 87 heavy (non-hydrogen) atoms. The van der Waals surface area contributed by atoms with E-state index in [2.05, 4.69) is 55.6 Å². The number of nitrogens with one attached hydrogen (secondary N) is 1. The van der Waals surface area contributed by atoms with Gasteiger partial charge < -0.3 is 40.3 Å². The number of allylic oxidation sites excluding steroid dienone is 7. The van der Waals surface area contributed by atoms with E-state index >= 15 is 0 Å². The van der Waals surface area contributed by atoms with Crippen LogP contribution in [0.15, 0.2) is 48.6 Å². The zero-order valence-corrected chi connectivity index (χ0v) is 57.5. The molecule has 1 rings (SSSR count). The Labute approximate surface area is 539 Å². The van der Waals surface area contributed by atoms with Crippen LogP contribution in [0.2, 0.25) is 0 Å². The SMILES string of the molecule is CCCCCCCCCCCCCCCCC/C=C\C/C=C\CCCCCCCCCCCCCCCCCCCC(=O)NC(COC1OC(CO)C(O)C(O)C1O)C(O)/C=C/CC/C=C/CCCCCCCCCCCCCCCCCCCCC. The van der Waals surface area contributed by atoms with Gasteiger partial charge in [-0.2, -0.15) is 0 Å². The van der Waals surface area contributed by atoms with Gasteiger partial charge in [0, 0.05) is 6.42 Å². The van der Waals surface area contributed by atoms with Gasteiger partial charge in [-0.3, -0.25) is 4.79 Å². The minimum absolute atomic E-state index is 0.181. The maximum Gasteiger partial charge on any atom is 0.220 e. The van der Waals surface area contributed by atoms with Gasteiger partial charge in [-0.25, -0.2) is 0 Å². The molecule has 7 unspecified atom stereocenters. The third kappa shape index (κ3) is 55.5. The number of rotatable bonds is 68. The molecular weight excluding hydrogens is 1080 g/mol. The Morgan fingerprint density at radius 1 is 0.391 bits per heavy atom. The first-order valence-corrected chi connectivity index (χ1v) is 38.4. The van der Waals surface area contributed by atoms with Gasteiger partial charge in [-0.05, 0) is 64.2 Å². The molecule has 1 saturated heterocycles. The van der Waals surface area contributed by atoms with Crippen molar-refractivity contribution in [3.8, 4) is 0 Å². The molecule has 0 bridgehead atoms. The summed E-state index contributed by atoms with van der Waals surface area (Å²) in [4.78, 5) is 13.1. The summed E-state index contributed by atoms with van der Waals surface area (Å²) in [7, 11) is 0. The van der Waals surface area contributed by atoms with Crippen LogP contribution >= 0.6 is 0 Å². The molecule has 0 aliphatic carbocycles. The predicted octanol–water partition coefficient (Wildman–Crippen LogP) is 21.5. The molecule has 6 N–H and O–H groups in total. The predicted molar refractivity (Wildman–Crippen MR) is 373 cm³/mol.